The molecule has 0 aliphatic rings. The molecule has 0 aliphatic carbocycles. The number of benzene rings is 1. The highest BCUT2D eigenvalue weighted by molar-refractivity contribution is 9.10. The molecular formula is C7H3BrF2O2. The minimum Gasteiger partial charge on any atom is -0.478 e. The van der Waals surface area contributed by atoms with Gasteiger partial charge in [-0.2, -0.15) is 0 Å². The lowest BCUT2D eigenvalue weighted by molar-refractivity contribution is 0.0690. The second kappa shape index (κ2) is 3.18. The maximum atomic E-state index is 12.7. The Bertz CT molecular complexity index is 315. The molecule has 0 unspecified atom stereocenters. The second-order valence-electron chi connectivity index (χ2n) is 2.05. The molecular weight excluding hydrogens is 234 g/mol. The third kappa shape index (κ3) is 1.61. The number of halogens is 3. The van der Waals surface area contributed by atoms with Crippen molar-refractivity contribution in [2.75, 3.05) is 0 Å². The van der Waals surface area contributed by atoms with Crippen LogP contribution in [0.2, 0.25) is 0 Å². The Morgan fingerprint density at radius 1 is 1.42 bits per heavy atom. The van der Waals surface area contributed by atoms with Crippen molar-refractivity contribution in [1.82, 2.24) is 0 Å². The van der Waals surface area contributed by atoms with Gasteiger partial charge >= 0.3 is 5.97 Å². The molecule has 0 spiro atoms. The lowest BCUT2D eigenvalue weighted by atomic mass is 10.2. The Labute approximate surface area is 75.0 Å². The van der Waals surface area contributed by atoms with Gasteiger partial charge in [-0.05, 0) is 22.0 Å². The van der Waals surface area contributed by atoms with Crippen LogP contribution < -0.4 is 0 Å². The van der Waals surface area contributed by atoms with Crippen molar-refractivity contribution in [2.45, 2.75) is 0 Å². The maximum absolute atomic E-state index is 12.7. The normalized spacial score (nSPS) is 9.92. The van der Waals surface area contributed by atoms with E-state index in [0.717, 1.165) is 6.07 Å². The number of hydrogen-bond donors (Lipinski definition) is 1. The van der Waals surface area contributed by atoms with Gasteiger partial charge in [-0.25, -0.2) is 13.6 Å². The first kappa shape index (κ1) is 9.12. The van der Waals surface area contributed by atoms with E-state index in [1.165, 1.54) is 0 Å². The summed E-state index contributed by atoms with van der Waals surface area (Å²) in [6.45, 7) is 0. The van der Waals surface area contributed by atoms with Crippen LogP contribution in [-0.4, -0.2) is 11.1 Å². The predicted molar refractivity (Wildman–Crippen MR) is 41.0 cm³/mol. The van der Waals surface area contributed by atoms with Gasteiger partial charge in [-0.15, -0.1) is 0 Å². The Morgan fingerprint density at radius 2 is 2.00 bits per heavy atom. The highest BCUT2D eigenvalue weighted by Gasteiger charge is 2.15. The summed E-state index contributed by atoms with van der Waals surface area (Å²) < 4.78 is 25.0. The van der Waals surface area contributed by atoms with Crippen LogP contribution in [0, 0.1) is 11.6 Å². The maximum Gasteiger partial charge on any atom is 0.339 e. The lowest BCUT2D eigenvalue weighted by Gasteiger charge is -1.99. The molecule has 0 bridgehead atoms. The third-order valence-corrected chi connectivity index (χ3v) is 1.85. The van der Waals surface area contributed by atoms with Gasteiger partial charge in [0.1, 0.15) is 17.2 Å². The van der Waals surface area contributed by atoms with Gasteiger partial charge in [0.2, 0.25) is 0 Å². The summed E-state index contributed by atoms with van der Waals surface area (Å²) in [6, 6.07) is 1.42. The summed E-state index contributed by atoms with van der Waals surface area (Å²) in [5.41, 5.74) is -0.559. The van der Waals surface area contributed by atoms with E-state index in [9.17, 15) is 13.6 Å². The summed E-state index contributed by atoms with van der Waals surface area (Å²) in [5.74, 6) is -3.34. The van der Waals surface area contributed by atoms with E-state index >= 15 is 0 Å². The Morgan fingerprint density at radius 3 is 2.42 bits per heavy atom. The van der Waals surface area contributed by atoms with E-state index in [-0.39, 0.29) is 4.47 Å². The van der Waals surface area contributed by atoms with Crippen LogP contribution in [-0.2, 0) is 0 Å². The SMILES string of the molecule is O=C(O)c1c(F)cc(F)cc1Br. The summed E-state index contributed by atoms with van der Waals surface area (Å²) >= 11 is 2.74. The average molecular weight is 237 g/mol. The topological polar surface area (TPSA) is 37.3 Å². The minimum atomic E-state index is -1.43. The minimum absolute atomic E-state index is 0.104. The van der Waals surface area contributed by atoms with Crippen molar-refractivity contribution >= 4 is 21.9 Å². The molecule has 0 saturated heterocycles. The molecule has 0 aromatic heterocycles. The van der Waals surface area contributed by atoms with Crippen molar-refractivity contribution < 1.29 is 18.7 Å². The van der Waals surface area contributed by atoms with Crippen molar-refractivity contribution in [2.24, 2.45) is 0 Å². The monoisotopic (exact) mass is 236 g/mol. The zero-order valence-electron chi connectivity index (χ0n) is 5.64. The average Bonchev–Trinajstić information content (AvgIpc) is 1.82. The van der Waals surface area contributed by atoms with Crippen LogP contribution in [0.5, 0.6) is 0 Å². The van der Waals surface area contributed by atoms with Crippen molar-refractivity contribution in [3.8, 4) is 0 Å². The van der Waals surface area contributed by atoms with E-state index in [0.29, 0.717) is 6.07 Å². The van der Waals surface area contributed by atoms with E-state index in [2.05, 4.69) is 15.9 Å². The number of carbonyl (C=O) groups is 1. The highest BCUT2D eigenvalue weighted by Crippen LogP contribution is 2.21. The van der Waals surface area contributed by atoms with Crippen LogP contribution in [0.15, 0.2) is 16.6 Å². The van der Waals surface area contributed by atoms with Crippen LogP contribution >= 0.6 is 15.9 Å². The molecule has 0 saturated carbocycles. The zero-order chi connectivity index (χ0) is 9.30. The fourth-order valence-electron chi connectivity index (χ4n) is 0.747. The van der Waals surface area contributed by atoms with Gasteiger partial charge in [0.15, 0.2) is 0 Å². The van der Waals surface area contributed by atoms with Crippen LogP contribution in [0.25, 0.3) is 0 Å². The molecule has 12 heavy (non-hydrogen) atoms. The lowest BCUT2D eigenvalue weighted by Crippen LogP contribution is -2.02. The molecule has 0 radical (unpaired) electrons. The molecule has 2 nitrogen and oxygen atoms in total. The molecule has 0 aliphatic heterocycles. The molecule has 1 aromatic carbocycles. The standard InChI is InChI=1S/C7H3BrF2O2/c8-4-1-3(9)2-5(10)6(4)7(11)12/h1-2H,(H,11,12). The van der Waals surface area contributed by atoms with Gasteiger partial charge in [0.05, 0.1) is 0 Å². The predicted octanol–water partition coefficient (Wildman–Crippen LogP) is 2.43. The molecule has 0 fully saturated rings. The number of rotatable bonds is 1. The fourth-order valence-corrected chi connectivity index (χ4v) is 1.32. The van der Waals surface area contributed by atoms with Gasteiger partial charge in [0, 0.05) is 10.5 Å². The Kier molecular flexibility index (Phi) is 2.42. The summed E-state index contributed by atoms with van der Waals surface area (Å²) in [5, 5.41) is 8.44. The van der Waals surface area contributed by atoms with Gasteiger partial charge in [-0.1, -0.05) is 0 Å². The van der Waals surface area contributed by atoms with Crippen molar-refractivity contribution in [1.29, 1.82) is 0 Å². The number of carboxylic acids is 1. The number of carboxylic acid groups (broad SMARTS) is 1. The van der Waals surface area contributed by atoms with Gasteiger partial charge < -0.3 is 5.11 Å². The van der Waals surface area contributed by atoms with Crippen molar-refractivity contribution in [3.63, 3.8) is 0 Å². The number of aromatic carboxylic acids is 1. The fraction of sp³-hybridized carbons (Fsp3) is 0. The first-order chi connectivity index (χ1) is 5.52. The molecule has 1 aromatic rings. The molecule has 0 atom stereocenters. The van der Waals surface area contributed by atoms with E-state index in [4.69, 9.17) is 5.11 Å². The largest absolute Gasteiger partial charge is 0.478 e. The number of hydrogen-bond acceptors (Lipinski definition) is 1. The zero-order valence-corrected chi connectivity index (χ0v) is 7.23. The van der Waals surface area contributed by atoms with E-state index < -0.39 is 23.2 Å². The molecule has 1 N–H and O–H groups in total. The van der Waals surface area contributed by atoms with E-state index in [1.54, 1.807) is 0 Å². The molecule has 0 amide bonds. The quantitative estimate of drug-likeness (QED) is 0.814. The molecule has 1 rings (SSSR count). The first-order valence-corrected chi connectivity index (χ1v) is 3.69. The second-order valence-corrected chi connectivity index (χ2v) is 2.90. The third-order valence-electron chi connectivity index (χ3n) is 1.22. The Hall–Kier alpha value is -0.970. The van der Waals surface area contributed by atoms with Gasteiger partial charge in [0.25, 0.3) is 0 Å². The molecule has 5 heteroatoms. The Balaban J connectivity index is 3.38. The van der Waals surface area contributed by atoms with Crippen LogP contribution in [0.4, 0.5) is 8.78 Å². The summed E-state index contributed by atoms with van der Waals surface area (Å²) in [7, 11) is 0. The van der Waals surface area contributed by atoms with Crippen LogP contribution in [0.3, 0.4) is 0 Å². The van der Waals surface area contributed by atoms with Gasteiger partial charge in [-0.3, -0.25) is 0 Å². The molecule has 0 heterocycles. The smallest absolute Gasteiger partial charge is 0.339 e. The summed E-state index contributed by atoms with van der Waals surface area (Å²) in [6.07, 6.45) is 0. The van der Waals surface area contributed by atoms with Crippen LogP contribution in [0.1, 0.15) is 10.4 Å². The van der Waals surface area contributed by atoms with Crippen molar-refractivity contribution in [3.05, 3.63) is 33.8 Å². The van der Waals surface area contributed by atoms with E-state index in [1.807, 2.05) is 0 Å². The summed E-state index contributed by atoms with van der Waals surface area (Å²) in [4.78, 5) is 10.4. The first-order valence-electron chi connectivity index (χ1n) is 2.90. The molecule has 64 valence electrons. The highest BCUT2D eigenvalue weighted by atomic mass is 79.9.